The van der Waals surface area contributed by atoms with Gasteiger partial charge in [-0.15, -0.1) is 0 Å². The Morgan fingerprint density at radius 2 is 1.36 bits per heavy atom. The predicted molar refractivity (Wildman–Crippen MR) is 217 cm³/mol. The van der Waals surface area contributed by atoms with Crippen LogP contribution in [0.15, 0.2) is 54.7 Å². The first-order valence-electron chi connectivity index (χ1n) is 19.7. The number of hydrogen-bond donors (Lipinski definition) is 4. The number of fused-ring (bicyclic) bond motifs is 2. The van der Waals surface area contributed by atoms with E-state index in [2.05, 4.69) is 37.4 Å². The van der Waals surface area contributed by atoms with E-state index in [0.717, 1.165) is 64.4 Å². The number of carbonyl (C=O) groups excluding carboxylic acids is 4. The fourth-order valence-corrected chi connectivity index (χ4v) is 7.80. The van der Waals surface area contributed by atoms with Gasteiger partial charge in [0.2, 0.25) is 11.8 Å². The van der Waals surface area contributed by atoms with Gasteiger partial charge >= 0.3 is 12.2 Å². The number of hydrogen-bond acceptors (Lipinski definition) is 9. The summed E-state index contributed by atoms with van der Waals surface area (Å²) in [4.78, 5) is 75.8. The van der Waals surface area contributed by atoms with E-state index in [1.807, 2.05) is 76.2 Å². The van der Waals surface area contributed by atoms with Crippen molar-refractivity contribution in [2.45, 2.75) is 77.5 Å². The molecular formula is C43H49N9O6. The van der Waals surface area contributed by atoms with Gasteiger partial charge in [0.1, 0.15) is 29.4 Å². The number of carbonyl (C=O) groups is 4. The number of likely N-dealkylation sites (tertiary alicyclic amines) is 2. The van der Waals surface area contributed by atoms with Crippen molar-refractivity contribution in [3.05, 3.63) is 77.6 Å². The molecule has 3 aromatic heterocycles. The second-order valence-electron chi connectivity index (χ2n) is 15.5. The van der Waals surface area contributed by atoms with E-state index in [-0.39, 0.29) is 35.7 Å². The summed E-state index contributed by atoms with van der Waals surface area (Å²) in [6.07, 6.45) is 3.72. The summed E-state index contributed by atoms with van der Waals surface area (Å²) in [5, 5.41) is 6.32. The van der Waals surface area contributed by atoms with Crippen LogP contribution in [0.5, 0.6) is 0 Å². The van der Waals surface area contributed by atoms with Gasteiger partial charge in [-0.3, -0.25) is 9.59 Å². The Kier molecular flexibility index (Phi) is 11.6. The standard InChI is InChI=1S/C43H49N9O6/c1-24(2)36(49-42(55)57-5)40(53)51-19-7-9-34(51)38-44-23-33(48-38)28-14-18-30-27(22-28)13-16-29(45-30)15-11-26-12-17-31-32(21-26)47-39(46-31)35-10-8-20-52(35)41(54)37(25(3)4)50-43(56)58-6/h12-14,16-18,21-25,34-37H,7-10,19-20H2,1-6H3,(H,44,48)(H,46,47)(H,49,55)(H,50,56)/t34-,35-,36-,37?/m0/s1. The van der Waals surface area contributed by atoms with Crippen LogP contribution in [0.25, 0.3) is 33.2 Å². The lowest BCUT2D eigenvalue weighted by atomic mass is 10.0. The number of nitrogens with one attached hydrogen (secondary N) is 4. The predicted octanol–water partition coefficient (Wildman–Crippen LogP) is 5.99. The molecule has 58 heavy (non-hydrogen) atoms. The molecule has 4 N–H and O–H groups in total. The van der Waals surface area contributed by atoms with Crippen LogP contribution in [0.4, 0.5) is 9.59 Å². The van der Waals surface area contributed by atoms with Crippen LogP contribution in [-0.2, 0) is 19.1 Å². The van der Waals surface area contributed by atoms with Gasteiger partial charge < -0.3 is 39.9 Å². The summed E-state index contributed by atoms with van der Waals surface area (Å²) in [5.41, 5.74) is 5.57. The minimum absolute atomic E-state index is 0.115. The van der Waals surface area contributed by atoms with Gasteiger partial charge in [0.15, 0.2) is 0 Å². The van der Waals surface area contributed by atoms with Crippen LogP contribution in [0.3, 0.4) is 0 Å². The van der Waals surface area contributed by atoms with Gasteiger partial charge in [0.25, 0.3) is 0 Å². The first-order valence-corrected chi connectivity index (χ1v) is 19.7. The molecule has 1 unspecified atom stereocenters. The fraction of sp³-hybridized carbons (Fsp3) is 0.419. The minimum atomic E-state index is -0.703. The molecule has 2 aliphatic heterocycles. The molecule has 2 saturated heterocycles. The first kappa shape index (κ1) is 39.8. The zero-order chi connectivity index (χ0) is 41.1. The molecule has 2 aliphatic rings. The monoisotopic (exact) mass is 787 g/mol. The second-order valence-corrected chi connectivity index (χ2v) is 15.5. The molecular weight excluding hydrogens is 739 g/mol. The Morgan fingerprint density at radius 1 is 0.741 bits per heavy atom. The number of benzene rings is 2. The van der Waals surface area contributed by atoms with Crippen molar-refractivity contribution in [1.82, 2.24) is 45.4 Å². The smallest absolute Gasteiger partial charge is 0.407 e. The van der Waals surface area contributed by atoms with E-state index >= 15 is 0 Å². The second kappa shape index (κ2) is 17.0. The third kappa shape index (κ3) is 8.32. The number of aromatic nitrogens is 5. The normalized spacial score (nSPS) is 17.7. The topological polar surface area (TPSA) is 188 Å². The number of ether oxygens (including phenoxy) is 2. The number of H-pyrrole nitrogens is 2. The number of alkyl carbamates (subject to hydrolysis) is 2. The number of nitrogens with zero attached hydrogens (tertiary/aromatic N) is 5. The fourth-order valence-electron chi connectivity index (χ4n) is 7.80. The summed E-state index contributed by atoms with van der Waals surface area (Å²) >= 11 is 0. The Morgan fingerprint density at radius 3 is 1.98 bits per heavy atom. The van der Waals surface area contributed by atoms with Crippen LogP contribution in [0.2, 0.25) is 0 Å². The van der Waals surface area contributed by atoms with Crippen molar-refractivity contribution in [3.63, 3.8) is 0 Å². The van der Waals surface area contributed by atoms with Crippen LogP contribution in [0, 0.1) is 23.7 Å². The molecule has 4 atom stereocenters. The van der Waals surface area contributed by atoms with Crippen molar-refractivity contribution in [2.75, 3.05) is 27.3 Å². The summed E-state index contributed by atoms with van der Waals surface area (Å²) in [6, 6.07) is 13.8. The molecule has 15 heteroatoms. The molecule has 0 radical (unpaired) electrons. The third-order valence-corrected chi connectivity index (χ3v) is 10.9. The van der Waals surface area contributed by atoms with E-state index in [0.29, 0.717) is 30.4 Å². The zero-order valence-corrected chi connectivity index (χ0v) is 33.6. The molecule has 2 fully saturated rings. The molecule has 7 rings (SSSR count). The molecule has 0 saturated carbocycles. The van der Waals surface area contributed by atoms with Gasteiger partial charge in [-0.05, 0) is 85.9 Å². The third-order valence-electron chi connectivity index (χ3n) is 10.9. The summed E-state index contributed by atoms with van der Waals surface area (Å²) < 4.78 is 9.51. The highest BCUT2D eigenvalue weighted by atomic mass is 16.5. The molecule has 4 amide bonds. The maximum Gasteiger partial charge on any atom is 0.407 e. The van der Waals surface area contributed by atoms with Crippen molar-refractivity contribution < 1.29 is 28.7 Å². The maximum absolute atomic E-state index is 13.6. The zero-order valence-electron chi connectivity index (χ0n) is 33.6. The summed E-state index contributed by atoms with van der Waals surface area (Å²) in [6.45, 7) is 8.74. The van der Waals surface area contributed by atoms with E-state index in [1.54, 1.807) is 16.0 Å². The molecule has 2 aromatic carbocycles. The number of rotatable bonds is 9. The highest BCUT2D eigenvalue weighted by Crippen LogP contribution is 2.34. The molecule has 15 nitrogen and oxygen atoms in total. The molecule has 302 valence electrons. The Bertz CT molecular complexity index is 2410. The van der Waals surface area contributed by atoms with Crippen LogP contribution >= 0.6 is 0 Å². The molecule has 5 heterocycles. The van der Waals surface area contributed by atoms with E-state index < -0.39 is 24.3 Å². The highest BCUT2D eigenvalue weighted by molar-refractivity contribution is 5.88. The molecule has 0 spiro atoms. The van der Waals surface area contributed by atoms with Crippen molar-refractivity contribution in [3.8, 4) is 23.1 Å². The van der Waals surface area contributed by atoms with Gasteiger partial charge in [0.05, 0.1) is 54.7 Å². The van der Waals surface area contributed by atoms with Gasteiger partial charge in [-0.1, -0.05) is 39.7 Å². The van der Waals surface area contributed by atoms with Gasteiger partial charge in [-0.25, -0.2) is 24.5 Å². The van der Waals surface area contributed by atoms with E-state index in [1.165, 1.54) is 14.2 Å². The average Bonchev–Trinajstić information content (AvgIpc) is 4.06. The molecule has 0 bridgehead atoms. The van der Waals surface area contributed by atoms with Gasteiger partial charge in [-0.2, -0.15) is 0 Å². The average molecular weight is 788 g/mol. The number of aromatic amines is 2. The van der Waals surface area contributed by atoms with Gasteiger partial charge in [0, 0.05) is 29.6 Å². The maximum atomic E-state index is 13.6. The quantitative estimate of drug-likeness (QED) is 0.130. The summed E-state index contributed by atoms with van der Waals surface area (Å²) in [7, 11) is 2.57. The van der Waals surface area contributed by atoms with Crippen molar-refractivity contribution in [1.29, 1.82) is 0 Å². The van der Waals surface area contributed by atoms with Crippen LogP contribution in [0.1, 0.15) is 88.4 Å². The Balaban J connectivity index is 1.04. The Hall–Kier alpha value is -6.43. The summed E-state index contributed by atoms with van der Waals surface area (Å²) in [5.74, 6) is 7.30. The SMILES string of the molecule is COC(=O)NC(C(=O)N1CCC[C@H]1c1nc2ccc(C#Cc3ccc4cc(-c5cnc([C@@H]6CCCN6C(=O)[C@@H](NC(=O)OC)C(C)C)[nH]5)ccc4n3)cc2[nH]1)C(C)C. The molecule has 5 aromatic rings. The van der Waals surface area contributed by atoms with Crippen LogP contribution < -0.4 is 10.6 Å². The Labute approximate surface area is 336 Å². The van der Waals surface area contributed by atoms with Crippen molar-refractivity contribution >= 4 is 45.9 Å². The number of pyridine rings is 1. The first-order chi connectivity index (χ1) is 27.9. The highest BCUT2D eigenvalue weighted by Gasteiger charge is 2.39. The number of methoxy groups -OCH3 is 2. The largest absolute Gasteiger partial charge is 0.453 e. The minimum Gasteiger partial charge on any atom is -0.453 e. The van der Waals surface area contributed by atoms with E-state index in [9.17, 15) is 19.2 Å². The van der Waals surface area contributed by atoms with E-state index in [4.69, 9.17) is 19.4 Å². The van der Waals surface area contributed by atoms with Crippen LogP contribution in [-0.4, -0.2) is 98.1 Å². The number of amides is 4. The number of imidazole rings is 2. The van der Waals surface area contributed by atoms with Crippen molar-refractivity contribution in [2.24, 2.45) is 11.8 Å². The lowest BCUT2D eigenvalue weighted by molar-refractivity contribution is -0.136. The molecule has 0 aliphatic carbocycles. The lowest BCUT2D eigenvalue weighted by Gasteiger charge is -2.30. The lowest BCUT2D eigenvalue weighted by Crippen LogP contribution is -2.51.